The van der Waals surface area contributed by atoms with Crippen LogP contribution in [0.1, 0.15) is 42.2 Å². The van der Waals surface area contributed by atoms with Gasteiger partial charge in [-0.2, -0.15) is 0 Å². The summed E-state index contributed by atoms with van der Waals surface area (Å²) in [6.45, 7) is 0. The van der Waals surface area contributed by atoms with Crippen LogP contribution in [0.15, 0.2) is 137 Å². The standard InChI is InChI=1S/C45H22N2O5/c48-41-26-6-1-3-8-28(26)44(51)38-30(41)10-5-11-34(38)46-21-12-13-22-23-18-19-35-37-24(14-16-31(36(23)37)43(50)33(22)20-21)25-15-17-32-39(40(25)47-35)45(52)29-9-4-2-7-27(29)42(32)49/h1-20,33,46H. The van der Waals surface area contributed by atoms with Crippen molar-refractivity contribution in [2.75, 3.05) is 5.32 Å². The van der Waals surface area contributed by atoms with Crippen LogP contribution in [-0.2, 0) is 0 Å². The second kappa shape index (κ2) is 9.99. The van der Waals surface area contributed by atoms with Crippen LogP contribution >= 0.6 is 0 Å². The van der Waals surface area contributed by atoms with Gasteiger partial charge in [-0.1, -0.05) is 91.0 Å². The molecular formula is C45H22N2O5. The van der Waals surface area contributed by atoms with Crippen LogP contribution in [0.3, 0.4) is 0 Å². The van der Waals surface area contributed by atoms with Crippen LogP contribution in [0.5, 0.6) is 0 Å². The molecule has 0 radical (unpaired) electrons. The number of nitrogens with zero attached hydrogens (tertiary/aromatic N) is 1. The number of allylic oxidation sites excluding steroid dienone is 3. The van der Waals surface area contributed by atoms with Gasteiger partial charge in [0.05, 0.1) is 33.6 Å². The molecule has 3 aliphatic carbocycles. The Bertz CT molecular complexity index is 3320. The number of hydrogen-bond donors (Lipinski definition) is 1. The van der Waals surface area contributed by atoms with Crippen molar-refractivity contribution in [2.24, 2.45) is 5.92 Å². The molecule has 7 heteroatoms. The summed E-state index contributed by atoms with van der Waals surface area (Å²) in [6.07, 6.45) is 5.69. The number of carbonyl (C=O) groups is 3. The molecule has 7 nitrogen and oxygen atoms in total. The van der Waals surface area contributed by atoms with Gasteiger partial charge in [0.25, 0.3) is 0 Å². The molecule has 1 aromatic heterocycles. The second-order valence-electron chi connectivity index (χ2n) is 13.6. The Kier molecular flexibility index (Phi) is 5.51. The first kappa shape index (κ1) is 28.7. The van der Waals surface area contributed by atoms with Crippen molar-refractivity contribution < 1.29 is 14.4 Å². The molecule has 11 rings (SSSR count). The molecule has 1 unspecified atom stereocenters. The lowest BCUT2D eigenvalue weighted by molar-refractivity contribution is 0.0967. The number of hydrogen-bond acceptors (Lipinski definition) is 7. The Morgan fingerprint density at radius 2 is 1.23 bits per heavy atom. The lowest BCUT2D eigenvalue weighted by Gasteiger charge is -2.27. The fraction of sp³-hybridized carbons (Fsp3) is 0.0222. The number of carbonyl (C=O) groups excluding carboxylic acids is 3. The number of fused-ring (bicyclic) bond motifs is 8. The minimum atomic E-state index is -0.583. The van der Waals surface area contributed by atoms with E-state index in [9.17, 15) is 24.0 Å². The second-order valence-corrected chi connectivity index (χ2v) is 13.6. The maximum Gasteiger partial charge on any atom is 0.196 e. The molecule has 0 fully saturated rings. The number of nitrogens with one attached hydrogen (secondary N) is 1. The fourth-order valence-corrected chi connectivity index (χ4v) is 8.60. The van der Waals surface area contributed by atoms with E-state index in [1.165, 1.54) is 0 Å². The van der Waals surface area contributed by atoms with Gasteiger partial charge in [0.15, 0.2) is 28.2 Å². The highest BCUT2D eigenvalue weighted by molar-refractivity contribution is 6.31. The third-order valence-electron chi connectivity index (χ3n) is 10.9. The van der Waals surface area contributed by atoms with Crippen LogP contribution in [0.25, 0.3) is 59.7 Å². The van der Waals surface area contributed by atoms with E-state index >= 15 is 0 Å². The molecule has 52 heavy (non-hydrogen) atoms. The van der Waals surface area contributed by atoms with E-state index in [2.05, 4.69) is 5.32 Å². The van der Waals surface area contributed by atoms with Crippen LogP contribution in [-0.4, -0.2) is 22.3 Å². The van der Waals surface area contributed by atoms with Gasteiger partial charge in [-0.15, -0.1) is 0 Å². The van der Waals surface area contributed by atoms with Crippen molar-refractivity contribution in [3.8, 4) is 0 Å². The molecule has 0 saturated carbocycles. The zero-order chi connectivity index (χ0) is 35.0. The molecule has 8 aromatic rings. The van der Waals surface area contributed by atoms with Crippen LogP contribution in [0.4, 0.5) is 5.69 Å². The summed E-state index contributed by atoms with van der Waals surface area (Å²) in [5.74, 6) is -1.08. The van der Waals surface area contributed by atoms with Gasteiger partial charge in [-0.25, -0.2) is 4.98 Å². The van der Waals surface area contributed by atoms with E-state index in [0.29, 0.717) is 71.8 Å². The van der Waals surface area contributed by atoms with Gasteiger partial charge in [0.1, 0.15) is 0 Å². The Morgan fingerprint density at radius 1 is 0.519 bits per heavy atom. The number of benzene rings is 7. The largest absolute Gasteiger partial charge is 0.355 e. The predicted octanol–water partition coefficient (Wildman–Crippen LogP) is 7.03. The fourth-order valence-electron chi connectivity index (χ4n) is 8.60. The number of anilines is 1. The third-order valence-corrected chi connectivity index (χ3v) is 10.9. The van der Waals surface area contributed by atoms with Gasteiger partial charge in [0, 0.05) is 60.3 Å². The number of pyridine rings is 1. The molecule has 0 spiro atoms. The monoisotopic (exact) mass is 670 g/mol. The van der Waals surface area contributed by atoms with E-state index in [-0.39, 0.29) is 28.2 Å². The lowest BCUT2D eigenvalue weighted by atomic mass is 9.77. The minimum absolute atomic E-state index is 0.0706. The Labute approximate surface area is 293 Å². The molecule has 242 valence electrons. The molecule has 3 aliphatic rings. The summed E-state index contributed by atoms with van der Waals surface area (Å²) >= 11 is 0. The van der Waals surface area contributed by atoms with E-state index in [4.69, 9.17) is 4.98 Å². The molecule has 0 saturated heterocycles. The van der Waals surface area contributed by atoms with Gasteiger partial charge in [0.2, 0.25) is 0 Å². The highest BCUT2D eigenvalue weighted by atomic mass is 16.1. The average Bonchev–Trinajstić information content (AvgIpc) is 3.18. The van der Waals surface area contributed by atoms with Crippen molar-refractivity contribution in [1.29, 1.82) is 0 Å². The van der Waals surface area contributed by atoms with Gasteiger partial charge >= 0.3 is 0 Å². The summed E-state index contributed by atoms with van der Waals surface area (Å²) in [6, 6.07) is 30.1. The van der Waals surface area contributed by atoms with Gasteiger partial charge in [-0.05, 0) is 46.5 Å². The quantitative estimate of drug-likeness (QED) is 0.155. The van der Waals surface area contributed by atoms with Crippen molar-refractivity contribution in [1.82, 2.24) is 4.98 Å². The Hall–Kier alpha value is -7.12. The summed E-state index contributed by atoms with van der Waals surface area (Å²) in [4.78, 5) is 73.6. The van der Waals surface area contributed by atoms with Crippen LogP contribution in [0, 0.1) is 5.92 Å². The first-order chi connectivity index (χ1) is 25.4. The number of rotatable bonds is 2. The van der Waals surface area contributed by atoms with E-state index in [0.717, 1.165) is 32.3 Å². The normalized spacial score (nSPS) is 16.2. The predicted molar refractivity (Wildman–Crippen MR) is 203 cm³/mol. The van der Waals surface area contributed by atoms with Gasteiger partial charge in [-0.3, -0.25) is 24.0 Å². The number of Topliss-reactive ketones (excluding diaryl/α,β-unsaturated/α-hetero) is 1. The third kappa shape index (κ3) is 3.58. The van der Waals surface area contributed by atoms with Crippen molar-refractivity contribution in [3.63, 3.8) is 0 Å². The topological polar surface area (TPSA) is 110 Å². The SMILES string of the molecule is O=C1c2ccccc2C(=O)c2c(NC3=CC4C(=O)c5ccc6c7ccc8c(=O)c9ccccc9c(=O)c8c7nc7ccc(c5c76)=C4C=C3)cccc21. The van der Waals surface area contributed by atoms with E-state index in [1.807, 2.05) is 48.6 Å². The lowest BCUT2D eigenvalue weighted by Crippen LogP contribution is -2.29. The maximum absolute atomic E-state index is 14.3. The molecule has 0 aliphatic heterocycles. The van der Waals surface area contributed by atoms with Crippen molar-refractivity contribution >= 4 is 82.7 Å². The zero-order valence-corrected chi connectivity index (χ0v) is 27.1. The summed E-state index contributed by atoms with van der Waals surface area (Å²) in [7, 11) is 0. The molecular weight excluding hydrogens is 649 g/mol. The average molecular weight is 671 g/mol. The van der Waals surface area contributed by atoms with Gasteiger partial charge < -0.3 is 5.32 Å². The smallest absolute Gasteiger partial charge is 0.196 e. The summed E-state index contributed by atoms with van der Waals surface area (Å²) < 4.78 is 0. The van der Waals surface area contributed by atoms with E-state index < -0.39 is 5.92 Å². The summed E-state index contributed by atoms with van der Waals surface area (Å²) in [5, 5.41) is 8.90. The molecule has 1 heterocycles. The van der Waals surface area contributed by atoms with Crippen molar-refractivity contribution in [3.05, 3.63) is 181 Å². The number of ketones is 3. The molecule has 7 aromatic carbocycles. The van der Waals surface area contributed by atoms with E-state index in [1.54, 1.807) is 72.8 Å². The number of aromatic nitrogens is 1. The first-order valence-corrected chi connectivity index (χ1v) is 17.0. The summed E-state index contributed by atoms with van der Waals surface area (Å²) in [5.41, 5.74) is 4.65. The van der Waals surface area contributed by atoms with Crippen molar-refractivity contribution in [2.45, 2.75) is 0 Å². The minimum Gasteiger partial charge on any atom is -0.355 e. The molecule has 1 atom stereocenters. The Morgan fingerprint density at radius 3 is 2.06 bits per heavy atom. The Balaban J connectivity index is 1.07. The maximum atomic E-state index is 14.3. The molecule has 0 bridgehead atoms. The van der Waals surface area contributed by atoms with Crippen LogP contribution < -0.4 is 21.4 Å². The highest BCUT2D eigenvalue weighted by Gasteiger charge is 2.34. The molecule has 0 amide bonds. The first-order valence-electron chi connectivity index (χ1n) is 17.0. The highest BCUT2D eigenvalue weighted by Crippen LogP contribution is 2.40. The zero-order valence-electron chi connectivity index (χ0n) is 27.1. The molecule has 1 N–H and O–H groups in total. The van der Waals surface area contributed by atoms with Crippen LogP contribution in [0.2, 0.25) is 0 Å².